The van der Waals surface area contributed by atoms with Crippen LogP contribution < -0.4 is 16.2 Å². The summed E-state index contributed by atoms with van der Waals surface area (Å²) in [5.41, 5.74) is 12.4. The van der Waals surface area contributed by atoms with E-state index in [1.165, 1.54) is 13.2 Å². The van der Waals surface area contributed by atoms with Crippen LogP contribution in [0, 0.1) is 0 Å². The molecule has 0 aromatic heterocycles. The van der Waals surface area contributed by atoms with E-state index in [4.69, 9.17) is 16.2 Å². The average Bonchev–Trinajstić information content (AvgIpc) is 2.16. The number of phenolic OH excluding ortho intramolecular Hbond substituents is 1. The first-order valence-electron chi connectivity index (χ1n) is 4.44. The lowest BCUT2D eigenvalue weighted by Gasteiger charge is -2.18. The van der Waals surface area contributed by atoms with Gasteiger partial charge in [-0.3, -0.25) is 0 Å². The summed E-state index contributed by atoms with van der Waals surface area (Å²) >= 11 is 0. The van der Waals surface area contributed by atoms with Gasteiger partial charge in [0.2, 0.25) is 0 Å². The van der Waals surface area contributed by atoms with Gasteiger partial charge >= 0.3 is 0 Å². The minimum atomic E-state index is -0.287. The zero-order valence-corrected chi connectivity index (χ0v) is 8.40. The van der Waals surface area contributed by atoms with E-state index in [9.17, 15) is 5.11 Å². The van der Waals surface area contributed by atoms with Crippen LogP contribution in [-0.4, -0.2) is 18.3 Å². The fraction of sp³-hybridized carbons (Fsp3) is 0.400. The van der Waals surface area contributed by atoms with Gasteiger partial charge in [0.05, 0.1) is 7.11 Å². The lowest BCUT2D eigenvalue weighted by atomic mass is 10.0. The Morgan fingerprint density at radius 1 is 1.36 bits per heavy atom. The first-order chi connectivity index (χ1) is 6.56. The highest BCUT2D eigenvalue weighted by molar-refractivity contribution is 5.42. The second-order valence-corrected chi connectivity index (χ2v) is 3.31. The van der Waals surface area contributed by atoms with Crippen molar-refractivity contribution in [2.24, 2.45) is 11.5 Å². The summed E-state index contributed by atoms with van der Waals surface area (Å²) in [6.07, 6.45) is 0. The molecule has 0 saturated heterocycles. The number of benzene rings is 1. The SMILES string of the molecule is COc1cc(O)ccc1C(N)C(C)N. The van der Waals surface area contributed by atoms with E-state index in [0.717, 1.165) is 5.56 Å². The van der Waals surface area contributed by atoms with E-state index >= 15 is 0 Å². The monoisotopic (exact) mass is 196 g/mol. The number of nitrogens with two attached hydrogens (primary N) is 2. The van der Waals surface area contributed by atoms with Crippen molar-refractivity contribution in [1.82, 2.24) is 0 Å². The van der Waals surface area contributed by atoms with Crippen molar-refractivity contribution in [1.29, 1.82) is 0 Å². The van der Waals surface area contributed by atoms with Crippen LogP contribution in [0.25, 0.3) is 0 Å². The standard InChI is InChI=1S/C10H16N2O2/c1-6(11)10(12)8-4-3-7(13)5-9(8)14-2/h3-6,10,13H,11-12H2,1-2H3. The number of hydrogen-bond acceptors (Lipinski definition) is 4. The summed E-state index contributed by atoms with van der Waals surface area (Å²) < 4.78 is 5.10. The predicted octanol–water partition coefficient (Wildman–Crippen LogP) is 0.748. The molecule has 0 radical (unpaired) electrons. The van der Waals surface area contributed by atoms with E-state index < -0.39 is 0 Å². The minimum Gasteiger partial charge on any atom is -0.508 e. The Morgan fingerprint density at radius 2 is 2.00 bits per heavy atom. The summed E-state index contributed by atoms with van der Waals surface area (Å²) in [6.45, 7) is 1.83. The zero-order valence-electron chi connectivity index (χ0n) is 8.40. The van der Waals surface area contributed by atoms with Crippen LogP contribution in [0.1, 0.15) is 18.5 Å². The van der Waals surface area contributed by atoms with Crippen LogP contribution in [0.2, 0.25) is 0 Å². The summed E-state index contributed by atoms with van der Waals surface area (Å²) in [5, 5.41) is 9.24. The number of methoxy groups -OCH3 is 1. The van der Waals surface area contributed by atoms with Gasteiger partial charge in [-0.25, -0.2) is 0 Å². The molecular formula is C10H16N2O2. The lowest BCUT2D eigenvalue weighted by Crippen LogP contribution is -2.31. The van der Waals surface area contributed by atoms with Crippen LogP contribution in [0.15, 0.2) is 18.2 Å². The molecule has 0 spiro atoms. The average molecular weight is 196 g/mol. The number of hydrogen-bond donors (Lipinski definition) is 3. The van der Waals surface area contributed by atoms with Gasteiger partial charge in [-0.1, -0.05) is 6.07 Å². The minimum absolute atomic E-state index is 0.155. The van der Waals surface area contributed by atoms with Gasteiger partial charge in [0.1, 0.15) is 11.5 Å². The molecule has 2 unspecified atom stereocenters. The Labute approximate surface area is 83.5 Å². The molecule has 0 aliphatic heterocycles. The summed E-state index contributed by atoms with van der Waals surface area (Å²) in [7, 11) is 1.53. The Kier molecular flexibility index (Phi) is 3.33. The van der Waals surface area contributed by atoms with Crippen molar-refractivity contribution in [3.05, 3.63) is 23.8 Å². The van der Waals surface area contributed by atoms with Crippen LogP contribution in [0.5, 0.6) is 11.5 Å². The van der Waals surface area contributed by atoms with Gasteiger partial charge in [0.25, 0.3) is 0 Å². The first-order valence-corrected chi connectivity index (χ1v) is 4.44. The molecule has 0 saturated carbocycles. The molecule has 5 N–H and O–H groups in total. The third-order valence-corrected chi connectivity index (χ3v) is 2.14. The molecule has 1 rings (SSSR count). The zero-order chi connectivity index (χ0) is 10.7. The Hall–Kier alpha value is -1.26. The third-order valence-electron chi connectivity index (χ3n) is 2.14. The van der Waals surface area contributed by atoms with Crippen molar-refractivity contribution < 1.29 is 9.84 Å². The smallest absolute Gasteiger partial charge is 0.127 e. The second kappa shape index (κ2) is 4.30. The molecule has 0 bridgehead atoms. The topological polar surface area (TPSA) is 81.5 Å². The predicted molar refractivity (Wildman–Crippen MR) is 55.2 cm³/mol. The molecule has 4 nitrogen and oxygen atoms in total. The van der Waals surface area contributed by atoms with E-state index in [0.29, 0.717) is 5.75 Å². The third kappa shape index (κ3) is 2.16. The van der Waals surface area contributed by atoms with E-state index in [2.05, 4.69) is 0 Å². The molecule has 0 aliphatic carbocycles. The highest BCUT2D eigenvalue weighted by Crippen LogP contribution is 2.28. The molecule has 1 aromatic rings. The molecule has 4 heteroatoms. The number of phenols is 1. The van der Waals surface area contributed by atoms with Crippen molar-refractivity contribution in [2.75, 3.05) is 7.11 Å². The van der Waals surface area contributed by atoms with Crippen molar-refractivity contribution in [2.45, 2.75) is 19.0 Å². The van der Waals surface area contributed by atoms with Gasteiger partial charge in [0.15, 0.2) is 0 Å². The number of aromatic hydroxyl groups is 1. The molecule has 2 atom stereocenters. The van der Waals surface area contributed by atoms with Crippen molar-refractivity contribution >= 4 is 0 Å². The van der Waals surface area contributed by atoms with Crippen LogP contribution >= 0.6 is 0 Å². The largest absolute Gasteiger partial charge is 0.508 e. The molecule has 0 amide bonds. The van der Waals surface area contributed by atoms with Crippen LogP contribution in [0.3, 0.4) is 0 Å². The van der Waals surface area contributed by atoms with Gasteiger partial charge in [0, 0.05) is 23.7 Å². The Balaban J connectivity index is 3.07. The maximum atomic E-state index is 9.24. The Bertz CT molecular complexity index is 313. The molecule has 14 heavy (non-hydrogen) atoms. The van der Waals surface area contributed by atoms with E-state index in [-0.39, 0.29) is 17.8 Å². The lowest BCUT2D eigenvalue weighted by molar-refractivity contribution is 0.395. The molecule has 0 heterocycles. The molecule has 78 valence electrons. The number of rotatable bonds is 3. The number of ether oxygens (including phenoxy) is 1. The van der Waals surface area contributed by atoms with E-state index in [1.54, 1.807) is 12.1 Å². The van der Waals surface area contributed by atoms with Gasteiger partial charge in [-0.05, 0) is 13.0 Å². The molecule has 0 fully saturated rings. The quantitative estimate of drug-likeness (QED) is 0.666. The molecular weight excluding hydrogens is 180 g/mol. The molecule has 1 aromatic carbocycles. The summed E-state index contributed by atoms with van der Waals surface area (Å²) in [5.74, 6) is 0.720. The van der Waals surface area contributed by atoms with Crippen molar-refractivity contribution in [3.8, 4) is 11.5 Å². The first kappa shape index (κ1) is 10.8. The van der Waals surface area contributed by atoms with E-state index in [1.807, 2.05) is 6.92 Å². The maximum Gasteiger partial charge on any atom is 0.127 e. The summed E-state index contributed by atoms with van der Waals surface area (Å²) in [6, 6.07) is 4.37. The summed E-state index contributed by atoms with van der Waals surface area (Å²) in [4.78, 5) is 0. The Morgan fingerprint density at radius 3 is 2.50 bits per heavy atom. The fourth-order valence-electron chi connectivity index (χ4n) is 1.26. The van der Waals surface area contributed by atoms with Crippen molar-refractivity contribution in [3.63, 3.8) is 0 Å². The highest BCUT2D eigenvalue weighted by Gasteiger charge is 2.15. The van der Waals surface area contributed by atoms with Gasteiger partial charge in [-0.2, -0.15) is 0 Å². The second-order valence-electron chi connectivity index (χ2n) is 3.31. The van der Waals surface area contributed by atoms with Crippen LogP contribution in [-0.2, 0) is 0 Å². The highest BCUT2D eigenvalue weighted by atomic mass is 16.5. The molecule has 0 aliphatic rings. The van der Waals surface area contributed by atoms with Gasteiger partial charge < -0.3 is 21.3 Å². The van der Waals surface area contributed by atoms with Crippen LogP contribution in [0.4, 0.5) is 0 Å². The maximum absolute atomic E-state index is 9.24. The fourth-order valence-corrected chi connectivity index (χ4v) is 1.26. The normalized spacial score (nSPS) is 14.9. The van der Waals surface area contributed by atoms with Gasteiger partial charge in [-0.15, -0.1) is 0 Å².